The maximum absolute atomic E-state index is 13.2. The number of carbonyl (C=O) groups is 3. The molecule has 3 aromatic carbocycles. The first-order chi connectivity index (χ1) is 20.3. The quantitative estimate of drug-likeness (QED) is 0.316. The van der Waals surface area contributed by atoms with Crippen molar-refractivity contribution < 1.29 is 29.0 Å². The van der Waals surface area contributed by atoms with E-state index in [0.29, 0.717) is 18.6 Å². The maximum atomic E-state index is 13.2. The van der Waals surface area contributed by atoms with Crippen LogP contribution in [0.2, 0.25) is 0 Å². The third-order valence-corrected chi connectivity index (χ3v) is 8.23. The molecule has 1 atom stereocenters. The Hall–Kier alpha value is -4.15. The second kappa shape index (κ2) is 15.2. The second-order valence-corrected chi connectivity index (χ2v) is 11.0. The van der Waals surface area contributed by atoms with E-state index in [2.05, 4.69) is 63.6 Å². The predicted octanol–water partition coefficient (Wildman–Crippen LogP) is 4.95. The topological polar surface area (TPSA) is 110 Å². The van der Waals surface area contributed by atoms with E-state index in [1.165, 1.54) is 33.7 Å². The van der Waals surface area contributed by atoms with Gasteiger partial charge in [-0.3, -0.25) is 9.69 Å². The number of carboxylic acid groups (broad SMARTS) is 2. The highest BCUT2D eigenvalue weighted by Gasteiger charge is 2.25. The molecule has 0 saturated carbocycles. The fourth-order valence-corrected chi connectivity index (χ4v) is 6.10. The first-order valence-corrected chi connectivity index (χ1v) is 14.7. The standard InChI is InChI=1S/C28H30FN3OS.C4H4O4/c29-22-11-13-23(14-12-22)32-18-16-31(17-19-32)15-5-10-27(33)30-28-24-7-2-1-6-21(24)20-34-26-9-4-3-8-25(26)28;5-3(6)1-2-4(7)8/h1-4,6-9,11-14,28H,5,10,15-20H2,(H,30,33);1-2H,(H,5,6)(H,7,8)/b;2-1-. The minimum atomic E-state index is -1.26. The number of amides is 1. The summed E-state index contributed by atoms with van der Waals surface area (Å²) in [6.07, 6.45) is 2.48. The van der Waals surface area contributed by atoms with E-state index in [1.807, 2.05) is 23.9 Å². The van der Waals surface area contributed by atoms with Gasteiger partial charge in [0, 0.05) is 61.1 Å². The summed E-state index contributed by atoms with van der Waals surface area (Å²) in [5.74, 6) is -1.69. The summed E-state index contributed by atoms with van der Waals surface area (Å²) in [5.41, 5.74) is 4.74. The number of piperazine rings is 1. The largest absolute Gasteiger partial charge is 0.478 e. The highest BCUT2D eigenvalue weighted by Crippen LogP contribution is 2.39. The fraction of sp³-hybridized carbons (Fsp3) is 0.281. The Morgan fingerprint density at radius 1 is 0.857 bits per heavy atom. The highest BCUT2D eigenvalue weighted by atomic mass is 32.2. The number of nitrogens with zero attached hydrogens (tertiary/aromatic N) is 2. The van der Waals surface area contributed by atoms with Gasteiger partial charge in [-0.25, -0.2) is 14.0 Å². The Morgan fingerprint density at radius 2 is 1.48 bits per heavy atom. The van der Waals surface area contributed by atoms with Gasteiger partial charge in [-0.2, -0.15) is 0 Å². The third kappa shape index (κ3) is 8.92. The Labute approximate surface area is 248 Å². The van der Waals surface area contributed by atoms with Gasteiger partial charge in [-0.15, -0.1) is 11.8 Å². The van der Waals surface area contributed by atoms with E-state index in [-0.39, 0.29) is 17.8 Å². The van der Waals surface area contributed by atoms with Gasteiger partial charge in [0.2, 0.25) is 5.91 Å². The number of thioether (sulfide) groups is 1. The van der Waals surface area contributed by atoms with Crippen molar-refractivity contribution in [3.8, 4) is 0 Å². The van der Waals surface area contributed by atoms with Crippen LogP contribution in [0.1, 0.15) is 35.6 Å². The fourth-order valence-electron chi connectivity index (χ4n) is 5.00. The molecule has 2 heterocycles. The highest BCUT2D eigenvalue weighted by molar-refractivity contribution is 7.98. The zero-order valence-corrected chi connectivity index (χ0v) is 23.9. The Morgan fingerprint density at radius 3 is 2.14 bits per heavy atom. The molecule has 0 aliphatic carbocycles. The first kappa shape index (κ1) is 30.8. The summed E-state index contributed by atoms with van der Waals surface area (Å²) in [4.78, 5) is 38.0. The van der Waals surface area contributed by atoms with E-state index in [0.717, 1.165) is 50.6 Å². The molecule has 8 nitrogen and oxygen atoms in total. The molecule has 2 aliphatic heterocycles. The van der Waals surface area contributed by atoms with Crippen LogP contribution in [0.15, 0.2) is 89.8 Å². The second-order valence-electron chi connectivity index (χ2n) is 9.94. The van der Waals surface area contributed by atoms with Crippen molar-refractivity contribution in [3.05, 3.63) is 107 Å². The van der Waals surface area contributed by atoms with E-state index in [9.17, 15) is 18.8 Å². The minimum Gasteiger partial charge on any atom is -0.478 e. The van der Waals surface area contributed by atoms with Crippen LogP contribution in [0.25, 0.3) is 0 Å². The van der Waals surface area contributed by atoms with Gasteiger partial charge < -0.3 is 20.4 Å². The zero-order valence-electron chi connectivity index (χ0n) is 23.1. The lowest BCUT2D eigenvalue weighted by Gasteiger charge is -2.36. The molecule has 220 valence electrons. The van der Waals surface area contributed by atoms with Crippen molar-refractivity contribution in [1.29, 1.82) is 0 Å². The summed E-state index contributed by atoms with van der Waals surface area (Å²) in [7, 11) is 0. The monoisotopic (exact) mass is 591 g/mol. The van der Waals surface area contributed by atoms with Crippen molar-refractivity contribution >= 4 is 35.3 Å². The normalized spacial score (nSPS) is 16.4. The SMILES string of the molecule is O=C(CCCN1CCN(c2ccc(F)cc2)CC1)NC1c2ccccc2CSc2ccccc21.O=C(O)/C=C\C(=O)O. The molecule has 1 saturated heterocycles. The molecule has 1 unspecified atom stereocenters. The van der Waals surface area contributed by atoms with Crippen molar-refractivity contribution in [1.82, 2.24) is 10.2 Å². The van der Waals surface area contributed by atoms with Gasteiger partial charge in [-0.1, -0.05) is 42.5 Å². The number of carbonyl (C=O) groups excluding carboxylic acids is 1. The Kier molecular flexibility index (Phi) is 11.1. The van der Waals surface area contributed by atoms with Crippen LogP contribution in [0, 0.1) is 5.82 Å². The van der Waals surface area contributed by atoms with Crippen LogP contribution in [0.3, 0.4) is 0 Å². The molecule has 0 spiro atoms. The molecule has 3 N–H and O–H groups in total. The minimum absolute atomic E-state index is 0.103. The summed E-state index contributed by atoms with van der Waals surface area (Å²) in [6, 6.07) is 23.5. The third-order valence-electron chi connectivity index (χ3n) is 7.10. The van der Waals surface area contributed by atoms with Crippen molar-refractivity contribution in [2.24, 2.45) is 0 Å². The number of rotatable bonds is 8. The molecule has 1 fully saturated rings. The predicted molar refractivity (Wildman–Crippen MR) is 161 cm³/mol. The maximum Gasteiger partial charge on any atom is 0.328 e. The van der Waals surface area contributed by atoms with Gasteiger partial charge in [0.05, 0.1) is 6.04 Å². The number of nitrogens with one attached hydrogen (secondary N) is 1. The lowest BCUT2D eigenvalue weighted by molar-refractivity contribution is -0.134. The molecule has 1 amide bonds. The van der Waals surface area contributed by atoms with Crippen molar-refractivity contribution in [2.45, 2.75) is 29.5 Å². The Balaban J connectivity index is 0.000000446. The van der Waals surface area contributed by atoms with Crippen molar-refractivity contribution in [2.75, 3.05) is 37.6 Å². The average molecular weight is 592 g/mol. The Bertz CT molecular complexity index is 1340. The van der Waals surface area contributed by atoms with E-state index >= 15 is 0 Å². The molecular weight excluding hydrogens is 557 g/mol. The lowest BCUT2D eigenvalue weighted by atomic mass is 9.95. The summed E-state index contributed by atoms with van der Waals surface area (Å²) < 4.78 is 13.2. The number of hydrogen-bond acceptors (Lipinski definition) is 6. The van der Waals surface area contributed by atoms with Gasteiger partial charge in [0.15, 0.2) is 0 Å². The van der Waals surface area contributed by atoms with E-state index < -0.39 is 11.9 Å². The van der Waals surface area contributed by atoms with Crippen LogP contribution in [-0.2, 0) is 20.1 Å². The molecule has 0 radical (unpaired) electrons. The van der Waals surface area contributed by atoms with E-state index in [1.54, 1.807) is 0 Å². The number of aliphatic carboxylic acids is 2. The molecule has 0 aromatic heterocycles. The van der Waals surface area contributed by atoms with Crippen molar-refractivity contribution in [3.63, 3.8) is 0 Å². The van der Waals surface area contributed by atoms with Gasteiger partial charge >= 0.3 is 11.9 Å². The van der Waals surface area contributed by atoms with Crippen LogP contribution in [-0.4, -0.2) is 65.7 Å². The molecule has 10 heteroatoms. The first-order valence-electron chi connectivity index (χ1n) is 13.8. The van der Waals surface area contributed by atoms with Gasteiger partial charge in [0.25, 0.3) is 0 Å². The lowest BCUT2D eigenvalue weighted by Crippen LogP contribution is -2.46. The zero-order chi connectivity index (χ0) is 29.9. The van der Waals surface area contributed by atoms with Gasteiger partial charge in [-0.05, 0) is 60.0 Å². The summed E-state index contributed by atoms with van der Waals surface area (Å²) >= 11 is 1.84. The van der Waals surface area contributed by atoms with Gasteiger partial charge in [0.1, 0.15) is 5.82 Å². The molecule has 5 rings (SSSR count). The number of carboxylic acids is 2. The molecule has 0 bridgehead atoms. The summed E-state index contributed by atoms with van der Waals surface area (Å²) in [5, 5.41) is 19.0. The molecule has 3 aromatic rings. The molecular formula is C32H34FN3O5S. The van der Waals surface area contributed by atoms with Crippen LogP contribution in [0.4, 0.5) is 10.1 Å². The number of halogens is 1. The van der Waals surface area contributed by atoms with Crippen LogP contribution < -0.4 is 10.2 Å². The van der Waals surface area contributed by atoms with Crippen LogP contribution in [0.5, 0.6) is 0 Å². The number of hydrogen-bond donors (Lipinski definition) is 3. The number of benzene rings is 3. The number of anilines is 1. The number of fused-ring (bicyclic) bond motifs is 2. The van der Waals surface area contributed by atoms with Crippen LogP contribution >= 0.6 is 11.8 Å². The summed E-state index contributed by atoms with van der Waals surface area (Å²) in [6.45, 7) is 4.67. The van der Waals surface area contributed by atoms with E-state index in [4.69, 9.17) is 10.2 Å². The molecule has 2 aliphatic rings. The smallest absolute Gasteiger partial charge is 0.328 e. The average Bonchev–Trinajstić information content (AvgIpc) is 3.14. The molecule has 42 heavy (non-hydrogen) atoms.